The first-order valence-corrected chi connectivity index (χ1v) is 10.3. The largest absolute Gasteiger partial charge is 0.497 e. The summed E-state index contributed by atoms with van der Waals surface area (Å²) in [6, 6.07) is 19.4. The smallest absolute Gasteiger partial charge is 0.234 e. The Balaban J connectivity index is 1.73. The Morgan fingerprint density at radius 2 is 1.48 bits per heavy atom. The molecule has 0 bridgehead atoms. The Kier molecular flexibility index (Phi) is 7.27. The molecule has 0 aliphatic heterocycles. The summed E-state index contributed by atoms with van der Waals surface area (Å²) in [5.74, 6) is 1.49. The normalized spacial score (nSPS) is 11.9. The van der Waals surface area contributed by atoms with Gasteiger partial charge in [-0.05, 0) is 53.8 Å². The average molecular weight is 411 g/mol. The molecular weight excluding hydrogens is 384 g/mol. The number of carbonyl (C=O) groups excluding carboxylic acids is 1. The van der Waals surface area contributed by atoms with E-state index in [4.69, 9.17) is 9.47 Å². The van der Waals surface area contributed by atoms with Crippen LogP contribution >= 0.6 is 11.3 Å². The van der Waals surface area contributed by atoms with E-state index in [9.17, 15) is 4.79 Å². The van der Waals surface area contributed by atoms with Crippen LogP contribution in [0.25, 0.3) is 0 Å². The number of ether oxygens (including phenoxy) is 2. The van der Waals surface area contributed by atoms with Crippen molar-refractivity contribution in [2.75, 3.05) is 20.8 Å². The molecule has 1 amide bonds. The maximum Gasteiger partial charge on any atom is 0.234 e. The van der Waals surface area contributed by atoms with E-state index in [0.717, 1.165) is 22.6 Å². The topological polar surface area (TPSA) is 59.6 Å². The molecule has 2 N–H and O–H groups in total. The molecule has 1 heterocycles. The number of methoxy groups -OCH3 is 2. The fourth-order valence-corrected chi connectivity index (χ4v) is 3.81. The summed E-state index contributed by atoms with van der Waals surface area (Å²) in [5, 5.41) is 8.47. The van der Waals surface area contributed by atoms with Crippen molar-refractivity contribution in [3.8, 4) is 11.5 Å². The number of hydrogen-bond acceptors (Lipinski definition) is 5. The second-order valence-electron chi connectivity index (χ2n) is 6.66. The summed E-state index contributed by atoms with van der Waals surface area (Å²) in [7, 11) is 3.27. The van der Waals surface area contributed by atoms with Gasteiger partial charge in [0.2, 0.25) is 5.91 Å². The van der Waals surface area contributed by atoms with Gasteiger partial charge in [-0.1, -0.05) is 30.3 Å². The van der Waals surface area contributed by atoms with Crippen LogP contribution in [0.15, 0.2) is 66.0 Å². The Hall–Kier alpha value is -2.83. The highest BCUT2D eigenvalue weighted by molar-refractivity contribution is 7.10. The Morgan fingerprint density at radius 1 is 0.931 bits per heavy atom. The third-order valence-corrected chi connectivity index (χ3v) is 5.80. The molecule has 29 heavy (non-hydrogen) atoms. The minimum Gasteiger partial charge on any atom is -0.497 e. The number of carbonyl (C=O) groups is 1. The summed E-state index contributed by atoms with van der Waals surface area (Å²) in [4.78, 5) is 13.9. The first-order chi connectivity index (χ1) is 14.1. The van der Waals surface area contributed by atoms with Crippen LogP contribution in [0.5, 0.6) is 11.5 Å². The lowest BCUT2D eigenvalue weighted by Gasteiger charge is -2.21. The lowest BCUT2D eigenvalue weighted by Crippen LogP contribution is -2.37. The first kappa shape index (κ1) is 20.9. The third kappa shape index (κ3) is 5.59. The molecule has 0 aliphatic rings. The van der Waals surface area contributed by atoms with E-state index in [1.807, 2.05) is 60.0 Å². The highest BCUT2D eigenvalue weighted by atomic mass is 32.1. The number of amides is 1. The monoisotopic (exact) mass is 410 g/mol. The quantitative estimate of drug-likeness (QED) is 0.552. The second kappa shape index (κ2) is 10.1. The Bertz CT molecular complexity index is 845. The molecule has 152 valence electrons. The molecule has 6 heteroatoms. The molecular formula is C23H26N2O3S. The second-order valence-corrected chi connectivity index (χ2v) is 7.64. The maximum absolute atomic E-state index is 12.7. The van der Waals surface area contributed by atoms with E-state index in [-0.39, 0.29) is 24.5 Å². The van der Waals surface area contributed by atoms with E-state index in [2.05, 4.69) is 23.6 Å². The van der Waals surface area contributed by atoms with Crippen LogP contribution in [-0.2, 0) is 4.79 Å². The predicted octanol–water partition coefficient (Wildman–Crippen LogP) is 4.32. The number of thiophene rings is 1. The maximum atomic E-state index is 12.7. The van der Waals surface area contributed by atoms with E-state index >= 15 is 0 Å². The summed E-state index contributed by atoms with van der Waals surface area (Å²) in [5.41, 5.74) is 1.96. The molecule has 0 saturated heterocycles. The summed E-state index contributed by atoms with van der Waals surface area (Å²) in [6.07, 6.45) is 0. The van der Waals surface area contributed by atoms with Gasteiger partial charge in [0, 0.05) is 10.9 Å². The van der Waals surface area contributed by atoms with Gasteiger partial charge in [0.25, 0.3) is 0 Å². The van der Waals surface area contributed by atoms with Gasteiger partial charge in [-0.3, -0.25) is 4.79 Å². The van der Waals surface area contributed by atoms with Crippen molar-refractivity contribution in [1.29, 1.82) is 0 Å². The minimum atomic E-state index is -0.266. The van der Waals surface area contributed by atoms with Crippen LogP contribution in [0.4, 0.5) is 0 Å². The van der Waals surface area contributed by atoms with E-state index in [1.54, 1.807) is 25.6 Å². The molecule has 1 unspecified atom stereocenters. The molecule has 0 radical (unpaired) electrons. The number of nitrogens with one attached hydrogen (secondary N) is 2. The third-order valence-electron chi connectivity index (χ3n) is 4.74. The van der Waals surface area contributed by atoms with Gasteiger partial charge in [0.15, 0.2) is 0 Å². The van der Waals surface area contributed by atoms with Gasteiger partial charge in [-0.25, -0.2) is 0 Å². The molecule has 0 aliphatic carbocycles. The summed E-state index contributed by atoms with van der Waals surface area (Å²) in [6.45, 7) is 2.30. The zero-order valence-electron chi connectivity index (χ0n) is 16.8. The molecule has 5 nitrogen and oxygen atoms in total. The van der Waals surface area contributed by atoms with Crippen molar-refractivity contribution in [3.63, 3.8) is 0 Å². The molecule has 3 rings (SSSR count). The van der Waals surface area contributed by atoms with Crippen molar-refractivity contribution < 1.29 is 14.3 Å². The highest BCUT2D eigenvalue weighted by Gasteiger charge is 2.18. The van der Waals surface area contributed by atoms with Crippen LogP contribution in [0.2, 0.25) is 0 Å². The standard InChI is InChI=1S/C23H26N2O3S/c1-16(21-5-4-14-29-21)24-15-22(26)25-23(17-6-10-19(27-2)11-7-17)18-8-12-20(28-3)13-9-18/h4-14,16,23-24H,15H2,1-3H3,(H,25,26). The van der Waals surface area contributed by atoms with E-state index in [1.165, 1.54) is 4.88 Å². The van der Waals surface area contributed by atoms with Crippen LogP contribution < -0.4 is 20.1 Å². The number of benzene rings is 2. The van der Waals surface area contributed by atoms with Crippen molar-refractivity contribution in [3.05, 3.63) is 82.0 Å². The van der Waals surface area contributed by atoms with Crippen LogP contribution in [-0.4, -0.2) is 26.7 Å². The van der Waals surface area contributed by atoms with Crippen molar-refractivity contribution >= 4 is 17.2 Å². The highest BCUT2D eigenvalue weighted by Crippen LogP contribution is 2.26. The number of hydrogen-bond donors (Lipinski definition) is 2. The van der Waals surface area contributed by atoms with Gasteiger partial charge in [-0.2, -0.15) is 0 Å². The fraction of sp³-hybridized carbons (Fsp3) is 0.261. The molecule has 1 atom stereocenters. The fourth-order valence-electron chi connectivity index (χ4n) is 3.05. The molecule has 3 aromatic rings. The van der Waals surface area contributed by atoms with Gasteiger partial charge in [0.1, 0.15) is 11.5 Å². The van der Waals surface area contributed by atoms with Crippen molar-refractivity contribution in [2.45, 2.75) is 19.0 Å². The molecule has 2 aromatic carbocycles. The lowest BCUT2D eigenvalue weighted by molar-refractivity contribution is -0.120. The zero-order chi connectivity index (χ0) is 20.6. The average Bonchev–Trinajstić information content (AvgIpc) is 3.31. The van der Waals surface area contributed by atoms with E-state index < -0.39 is 0 Å². The predicted molar refractivity (Wildman–Crippen MR) is 117 cm³/mol. The Morgan fingerprint density at radius 3 is 1.93 bits per heavy atom. The minimum absolute atomic E-state index is 0.0648. The van der Waals surface area contributed by atoms with Crippen molar-refractivity contribution in [2.24, 2.45) is 0 Å². The molecule has 0 fully saturated rings. The Labute approximate surface area is 175 Å². The van der Waals surface area contributed by atoms with Crippen LogP contribution in [0.3, 0.4) is 0 Å². The number of rotatable bonds is 9. The van der Waals surface area contributed by atoms with Gasteiger partial charge in [-0.15, -0.1) is 11.3 Å². The molecule has 0 spiro atoms. The summed E-state index contributed by atoms with van der Waals surface area (Å²) < 4.78 is 10.5. The lowest BCUT2D eigenvalue weighted by atomic mass is 9.98. The SMILES string of the molecule is COc1ccc(C(NC(=O)CNC(C)c2cccs2)c2ccc(OC)cc2)cc1. The molecule has 0 saturated carbocycles. The van der Waals surface area contributed by atoms with Crippen LogP contribution in [0.1, 0.15) is 35.0 Å². The zero-order valence-corrected chi connectivity index (χ0v) is 17.7. The van der Waals surface area contributed by atoms with Crippen molar-refractivity contribution in [1.82, 2.24) is 10.6 Å². The molecule has 1 aromatic heterocycles. The van der Waals surface area contributed by atoms with Crippen LogP contribution in [0, 0.1) is 0 Å². The van der Waals surface area contributed by atoms with Gasteiger partial charge < -0.3 is 20.1 Å². The summed E-state index contributed by atoms with van der Waals surface area (Å²) >= 11 is 1.68. The first-order valence-electron chi connectivity index (χ1n) is 9.44. The van der Waals surface area contributed by atoms with Gasteiger partial charge in [0.05, 0.1) is 26.8 Å². The van der Waals surface area contributed by atoms with Gasteiger partial charge >= 0.3 is 0 Å². The van der Waals surface area contributed by atoms with E-state index in [0.29, 0.717) is 0 Å².